The molecule has 0 aromatic heterocycles. The lowest BCUT2D eigenvalue weighted by molar-refractivity contribution is -0.129. The van der Waals surface area contributed by atoms with Crippen LogP contribution in [-0.2, 0) is 14.4 Å². The van der Waals surface area contributed by atoms with Crippen molar-refractivity contribution in [2.75, 3.05) is 13.7 Å². The first-order chi connectivity index (χ1) is 20.0. The molecule has 0 saturated heterocycles. The number of ether oxygens (including phenoxy) is 2. The van der Waals surface area contributed by atoms with E-state index < -0.39 is 11.9 Å². The zero-order valence-corrected chi connectivity index (χ0v) is 24.5. The van der Waals surface area contributed by atoms with Crippen molar-refractivity contribution in [2.45, 2.75) is 84.0 Å². The molecule has 0 spiro atoms. The fraction of sp³-hybridized carbons (Fsp3) is 0.455. The lowest BCUT2D eigenvalue weighted by Gasteiger charge is -2.08. The summed E-state index contributed by atoms with van der Waals surface area (Å²) in [7, 11) is 1.47. The van der Waals surface area contributed by atoms with Crippen LogP contribution in [-0.4, -0.2) is 37.7 Å². The number of benzene rings is 2. The van der Waals surface area contributed by atoms with E-state index in [1.165, 1.54) is 70.8 Å². The van der Waals surface area contributed by atoms with Crippen molar-refractivity contribution in [3.8, 4) is 11.5 Å². The van der Waals surface area contributed by atoms with Crippen LogP contribution in [0.15, 0.2) is 59.7 Å². The van der Waals surface area contributed by atoms with Crippen molar-refractivity contribution < 1.29 is 23.9 Å². The lowest BCUT2D eigenvalue weighted by Crippen LogP contribution is -2.34. The van der Waals surface area contributed by atoms with Crippen LogP contribution in [0.2, 0.25) is 0 Å². The molecule has 0 aliphatic rings. The fourth-order valence-electron chi connectivity index (χ4n) is 4.15. The molecule has 0 fully saturated rings. The molecule has 8 nitrogen and oxygen atoms in total. The van der Waals surface area contributed by atoms with Crippen LogP contribution in [0.4, 0.5) is 0 Å². The van der Waals surface area contributed by atoms with Crippen molar-refractivity contribution in [1.82, 2.24) is 10.7 Å². The molecule has 0 heterocycles. The monoisotopic (exact) mass is 563 g/mol. The Labute approximate surface area is 244 Å². The van der Waals surface area contributed by atoms with E-state index >= 15 is 0 Å². The summed E-state index contributed by atoms with van der Waals surface area (Å²) in [5.41, 5.74) is 3.91. The van der Waals surface area contributed by atoms with Gasteiger partial charge in [0.05, 0.1) is 19.9 Å². The van der Waals surface area contributed by atoms with Crippen molar-refractivity contribution in [3.63, 3.8) is 0 Å². The maximum Gasteiger partial charge on any atom is 0.336 e. The molecule has 0 saturated carbocycles. The number of rotatable bonds is 20. The number of nitrogens with zero attached hydrogens (tertiary/aromatic N) is 1. The third-order valence-corrected chi connectivity index (χ3v) is 6.47. The molecule has 8 heteroatoms. The van der Waals surface area contributed by atoms with E-state index in [0.717, 1.165) is 24.8 Å². The number of hydrazone groups is 1. The highest BCUT2D eigenvalue weighted by molar-refractivity contribution is 5.90. The predicted molar refractivity (Wildman–Crippen MR) is 164 cm³/mol. The van der Waals surface area contributed by atoms with Crippen LogP contribution in [0.3, 0.4) is 0 Å². The number of esters is 1. The molecule has 0 aliphatic heterocycles. The summed E-state index contributed by atoms with van der Waals surface area (Å²) in [6.45, 7) is 2.10. The van der Waals surface area contributed by atoms with Gasteiger partial charge in [-0.15, -0.1) is 0 Å². The molecule has 0 radical (unpaired) electrons. The largest absolute Gasteiger partial charge is 0.493 e. The zero-order valence-electron chi connectivity index (χ0n) is 24.5. The molecular weight excluding hydrogens is 518 g/mol. The Bertz CT molecular complexity index is 1120. The number of carbonyl (C=O) groups is 3. The summed E-state index contributed by atoms with van der Waals surface area (Å²) in [5.74, 6) is -0.482. The number of hydrogen-bond acceptors (Lipinski definition) is 6. The number of methoxy groups -OCH3 is 1. The third-order valence-electron chi connectivity index (χ3n) is 6.47. The molecule has 2 aromatic rings. The van der Waals surface area contributed by atoms with E-state index in [1.54, 1.807) is 24.3 Å². The highest BCUT2D eigenvalue weighted by Gasteiger charge is 2.09. The molecule has 2 aromatic carbocycles. The SMILES string of the molecule is CCCCCCCCCCCCCC(=O)NCC(=O)N/N=C\c1ccc(OC(=O)/C=C/c2ccccc2)c(OC)c1. The van der Waals surface area contributed by atoms with E-state index in [2.05, 4.69) is 22.8 Å². The first kappa shape index (κ1) is 33.3. The van der Waals surface area contributed by atoms with Gasteiger partial charge < -0.3 is 14.8 Å². The Kier molecular flexibility index (Phi) is 17.0. The van der Waals surface area contributed by atoms with Gasteiger partial charge in [0.15, 0.2) is 11.5 Å². The van der Waals surface area contributed by atoms with E-state index in [9.17, 15) is 14.4 Å². The van der Waals surface area contributed by atoms with Crippen molar-refractivity contribution in [2.24, 2.45) is 5.10 Å². The van der Waals surface area contributed by atoms with Gasteiger partial charge in [-0.1, -0.05) is 101 Å². The summed E-state index contributed by atoms with van der Waals surface area (Å²) in [5, 5.41) is 6.56. The Balaban J connectivity index is 1.61. The molecule has 222 valence electrons. The van der Waals surface area contributed by atoms with Gasteiger partial charge in [-0.3, -0.25) is 9.59 Å². The zero-order chi connectivity index (χ0) is 29.5. The van der Waals surface area contributed by atoms with Gasteiger partial charge >= 0.3 is 5.97 Å². The van der Waals surface area contributed by atoms with Gasteiger partial charge in [0.2, 0.25) is 5.91 Å². The van der Waals surface area contributed by atoms with Crippen LogP contribution in [0.25, 0.3) is 6.08 Å². The number of amides is 2. The molecule has 0 bridgehead atoms. The molecule has 2 amide bonds. The first-order valence-electron chi connectivity index (χ1n) is 14.7. The summed E-state index contributed by atoms with van der Waals surface area (Å²) < 4.78 is 10.7. The minimum Gasteiger partial charge on any atom is -0.493 e. The van der Waals surface area contributed by atoms with Crippen molar-refractivity contribution in [3.05, 3.63) is 65.7 Å². The number of hydrogen-bond donors (Lipinski definition) is 2. The average molecular weight is 564 g/mol. The van der Waals surface area contributed by atoms with Crippen molar-refractivity contribution in [1.29, 1.82) is 0 Å². The van der Waals surface area contributed by atoms with Gasteiger partial charge in [-0.05, 0) is 41.8 Å². The fourth-order valence-corrected chi connectivity index (χ4v) is 4.15. The van der Waals surface area contributed by atoms with Gasteiger partial charge in [0.25, 0.3) is 5.91 Å². The topological polar surface area (TPSA) is 106 Å². The molecule has 0 unspecified atom stereocenters. The normalized spacial score (nSPS) is 11.1. The molecule has 41 heavy (non-hydrogen) atoms. The highest BCUT2D eigenvalue weighted by atomic mass is 16.6. The third kappa shape index (κ3) is 15.4. The molecule has 2 rings (SSSR count). The van der Waals surface area contributed by atoms with Crippen LogP contribution in [0.1, 0.15) is 95.1 Å². The molecule has 2 N–H and O–H groups in total. The summed E-state index contributed by atoms with van der Waals surface area (Å²) in [4.78, 5) is 36.2. The second-order valence-electron chi connectivity index (χ2n) is 9.93. The minimum atomic E-state index is -0.536. The minimum absolute atomic E-state index is 0.131. The smallest absolute Gasteiger partial charge is 0.336 e. The maximum atomic E-state index is 12.2. The molecular formula is C33H45N3O5. The standard InChI is InChI=1S/C33H45N3O5/c1-3-4-5-6-7-8-9-10-11-12-16-19-31(37)34-26-32(38)36-35-25-28-20-22-29(30(24-28)40-2)41-33(39)23-21-27-17-14-13-15-18-27/h13-15,17-18,20-25H,3-12,16,19,26H2,1-2H3,(H,34,37)(H,36,38)/b23-21+,35-25-. The molecule has 0 aliphatic carbocycles. The Morgan fingerprint density at radius 1 is 0.780 bits per heavy atom. The average Bonchev–Trinajstić information content (AvgIpc) is 2.99. The van der Waals surface area contributed by atoms with E-state index in [1.807, 2.05) is 30.3 Å². The van der Waals surface area contributed by atoms with Crippen LogP contribution in [0, 0.1) is 0 Å². The summed E-state index contributed by atoms with van der Waals surface area (Å²) in [6.07, 6.45) is 18.4. The highest BCUT2D eigenvalue weighted by Crippen LogP contribution is 2.28. The quantitative estimate of drug-likeness (QED) is 0.0473. The van der Waals surface area contributed by atoms with Crippen molar-refractivity contribution >= 4 is 30.1 Å². The summed E-state index contributed by atoms with van der Waals surface area (Å²) >= 11 is 0. The number of unbranched alkanes of at least 4 members (excludes halogenated alkanes) is 10. The van der Waals surface area contributed by atoms with Gasteiger partial charge in [0.1, 0.15) is 0 Å². The van der Waals surface area contributed by atoms with E-state index in [-0.39, 0.29) is 18.2 Å². The molecule has 0 atom stereocenters. The maximum absolute atomic E-state index is 12.2. The number of carbonyl (C=O) groups excluding carboxylic acids is 3. The first-order valence-corrected chi connectivity index (χ1v) is 14.7. The summed E-state index contributed by atoms with van der Waals surface area (Å²) in [6, 6.07) is 14.3. The Hall–Kier alpha value is -3.94. The Morgan fingerprint density at radius 2 is 1.44 bits per heavy atom. The lowest BCUT2D eigenvalue weighted by atomic mass is 10.1. The predicted octanol–water partition coefficient (Wildman–Crippen LogP) is 6.58. The van der Waals surface area contributed by atoms with Gasteiger partial charge in [0, 0.05) is 12.5 Å². The van der Waals surface area contributed by atoms with Crippen LogP contribution < -0.4 is 20.2 Å². The van der Waals surface area contributed by atoms with E-state index in [0.29, 0.717) is 17.7 Å². The second-order valence-corrected chi connectivity index (χ2v) is 9.93. The van der Waals surface area contributed by atoms with E-state index in [4.69, 9.17) is 9.47 Å². The van der Waals surface area contributed by atoms with Gasteiger partial charge in [-0.25, -0.2) is 10.2 Å². The van der Waals surface area contributed by atoms with Gasteiger partial charge in [-0.2, -0.15) is 5.10 Å². The number of nitrogens with one attached hydrogen (secondary N) is 2. The Morgan fingerprint density at radius 3 is 2.10 bits per heavy atom. The van der Waals surface area contributed by atoms with Crippen LogP contribution in [0.5, 0.6) is 11.5 Å². The van der Waals surface area contributed by atoms with Crippen LogP contribution >= 0.6 is 0 Å². The second kappa shape index (κ2) is 20.9.